The van der Waals surface area contributed by atoms with Gasteiger partial charge in [0.05, 0.1) is 4.90 Å². The minimum atomic E-state index is -3.44. The van der Waals surface area contributed by atoms with E-state index in [1.165, 1.54) is 0 Å². The predicted molar refractivity (Wildman–Crippen MR) is 83.6 cm³/mol. The van der Waals surface area contributed by atoms with E-state index in [4.69, 9.17) is 0 Å². The van der Waals surface area contributed by atoms with Crippen molar-refractivity contribution in [2.24, 2.45) is 5.92 Å². The third-order valence-corrected chi connectivity index (χ3v) is 4.90. The Morgan fingerprint density at radius 1 is 1.15 bits per heavy atom. The second-order valence-corrected chi connectivity index (χ2v) is 7.65. The van der Waals surface area contributed by atoms with Gasteiger partial charge in [-0.1, -0.05) is 24.6 Å². The molecule has 0 saturated heterocycles. The molecule has 0 aliphatic carbocycles. The lowest BCUT2D eigenvalue weighted by atomic mass is 10.1. The van der Waals surface area contributed by atoms with Crippen LogP contribution in [0.5, 0.6) is 0 Å². The molecule has 0 aliphatic rings. The van der Waals surface area contributed by atoms with E-state index in [-0.39, 0.29) is 5.92 Å². The minimum Gasteiger partial charge on any atom is -0.309 e. The van der Waals surface area contributed by atoms with Crippen LogP contribution in [0.4, 0.5) is 0 Å². The van der Waals surface area contributed by atoms with Crippen LogP contribution in [0.25, 0.3) is 0 Å². The summed E-state index contributed by atoms with van der Waals surface area (Å²) in [6, 6.07) is 3.82. The normalized spacial score (nSPS) is 13.8. The maximum absolute atomic E-state index is 12.5. The Labute approximate surface area is 123 Å². The monoisotopic (exact) mass is 298 g/mol. The molecule has 1 N–H and O–H groups in total. The number of rotatable bonds is 6. The quantitative estimate of drug-likeness (QED) is 0.875. The van der Waals surface area contributed by atoms with Crippen molar-refractivity contribution in [1.29, 1.82) is 0 Å². The van der Waals surface area contributed by atoms with Crippen molar-refractivity contribution in [1.82, 2.24) is 9.62 Å². The Morgan fingerprint density at radius 2 is 1.65 bits per heavy atom. The molecular weight excluding hydrogens is 272 g/mol. The van der Waals surface area contributed by atoms with Crippen LogP contribution < -0.4 is 4.72 Å². The lowest BCUT2D eigenvalue weighted by Crippen LogP contribution is -2.33. The second-order valence-electron chi connectivity index (χ2n) is 5.95. The largest absolute Gasteiger partial charge is 0.309 e. The average molecular weight is 298 g/mol. The first-order chi connectivity index (χ1) is 9.13. The first-order valence-electron chi connectivity index (χ1n) is 6.85. The molecule has 1 rings (SSSR count). The zero-order valence-corrected chi connectivity index (χ0v) is 14.1. The molecule has 1 atom stereocenters. The Bertz CT molecular complexity index is 542. The van der Waals surface area contributed by atoms with Gasteiger partial charge < -0.3 is 4.90 Å². The maximum Gasteiger partial charge on any atom is 0.241 e. The topological polar surface area (TPSA) is 49.4 Å². The van der Waals surface area contributed by atoms with Gasteiger partial charge in [-0.15, -0.1) is 0 Å². The summed E-state index contributed by atoms with van der Waals surface area (Å²) in [5, 5.41) is 0. The lowest BCUT2D eigenvalue weighted by molar-refractivity contribution is 0.339. The van der Waals surface area contributed by atoms with E-state index >= 15 is 0 Å². The SMILES string of the molecule is Cc1cc(C)c(S(=O)(=O)NC[C@@H](C)CN(C)C)c(C)c1. The molecule has 0 heterocycles. The highest BCUT2D eigenvalue weighted by molar-refractivity contribution is 7.89. The summed E-state index contributed by atoms with van der Waals surface area (Å²) in [7, 11) is 0.533. The van der Waals surface area contributed by atoms with Gasteiger partial charge in [-0.05, 0) is 51.9 Å². The minimum absolute atomic E-state index is 0.269. The first-order valence-corrected chi connectivity index (χ1v) is 8.34. The standard InChI is InChI=1S/C15H26N2O2S/c1-11-7-13(3)15(14(4)8-11)20(18,19)16-9-12(2)10-17(5)6/h7-8,12,16H,9-10H2,1-6H3/t12-/m1/s1. The van der Waals surface area contributed by atoms with Crippen LogP contribution >= 0.6 is 0 Å². The molecule has 1 aromatic carbocycles. The van der Waals surface area contributed by atoms with Gasteiger partial charge in [0.25, 0.3) is 0 Å². The third-order valence-electron chi connectivity index (χ3n) is 3.17. The van der Waals surface area contributed by atoms with Crippen LogP contribution in [0.1, 0.15) is 23.6 Å². The van der Waals surface area contributed by atoms with Crippen LogP contribution in [0.2, 0.25) is 0 Å². The van der Waals surface area contributed by atoms with Gasteiger partial charge in [0, 0.05) is 13.1 Å². The number of hydrogen-bond donors (Lipinski definition) is 1. The number of aryl methyl sites for hydroxylation is 3. The van der Waals surface area contributed by atoms with Crippen molar-refractivity contribution in [3.8, 4) is 0 Å². The fourth-order valence-corrected chi connectivity index (χ4v) is 4.22. The van der Waals surface area contributed by atoms with Crippen LogP contribution in [-0.2, 0) is 10.0 Å². The molecule has 0 aromatic heterocycles. The zero-order chi connectivity index (χ0) is 15.5. The number of nitrogens with zero attached hydrogens (tertiary/aromatic N) is 1. The van der Waals surface area contributed by atoms with Gasteiger partial charge in [0.1, 0.15) is 0 Å². The highest BCUT2D eigenvalue weighted by Crippen LogP contribution is 2.21. The van der Waals surface area contributed by atoms with Crippen LogP contribution in [0.3, 0.4) is 0 Å². The summed E-state index contributed by atoms with van der Waals surface area (Å²) in [5.41, 5.74) is 2.69. The summed E-state index contributed by atoms with van der Waals surface area (Å²) in [6.45, 7) is 9.01. The third kappa shape index (κ3) is 4.58. The molecular formula is C15H26N2O2S. The molecule has 114 valence electrons. The predicted octanol–water partition coefficient (Wildman–Crippen LogP) is 2.09. The van der Waals surface area contributed by atoms with E-state index in [1.54, 1.807) is 0 Å². The molecule has 0 saturated carbocycles. The van der Waals surface area contributed by atoms with Crippen LogP contribution in [0.15, 0.2) is 17.0 Å². The Hall–Kier alpha value is -0.910. The highest BCUT2D eigenvalue weighted by Gasteiger charge is 2.20. The summed E-state index contributed by atoms with van der Waals surface area (Å²) < 4.78 is 27.6. The molecule has 0 amide bonds. The smallest absolute Gasteiger partial charge is 0.241 e. The Balaban J connectivity index is 2.90. The fraction of sp³-hybridized carbons (Fsp3) is 0.600. The summed E-state index contributed by atoms with van der Waals surface area (Å²) in [4.78, 5) is 2.47. The second kappa shape index (κ2) is 6.70. The van der Waals surface area contributed by atoms with Gasteiger partial charge in [-0.3, -0.25) is 0 Å². The average Bonchev–Trinajstić information content (AvgIpc) is 2.23. The van der Waals surface area contributed by atoms with Crippen molar-refractivity contribution >= 4 is 10.0 Å². The number of nitrogens with one attached hydrogen (secondary N) is 1. The van der Waals surface area contributed by atoms with Gasteiger partial charge in [-0.2, -0.15) is 0 Å². The number of sulfonamides is 1. The van der Waals surface area contributed by atoms with Crippen molar-refractivity contribution in [2.45, 2.75) is 32.6 Å². The van der Waals surface area contributed by atoms with Gasteiger partial charge in [0.2, 0.25) is 10.0 Å². The fourth-order valence-electron chi connectivity index (χ4n) is 2.60. The lowest BCUT2D eigenvalue weighted by Gasteiger charge is -2.18. The molecule has 0 aliphatic heterocycles. The molecule has 0 fully saturated rings. The molecule has 5 heteroatoms. The van der Waals surface area contributed by atoms with Crippen LogP contribution in [-0.4, -0.2) is 40.5 Å². The Kier molecular flexibility index (Phi) is 5.74. The van der Waals surface area contributed by atoms with Gasteiger partial charge in [-0.25, -0.2) is 13.1 Å². The van der Waals surface area contributed by atoms with E-state index in [0.29, 0.717) is 11.4 Å². The Morgan fingerprint density at radius 3 is 2.10 bits per heavy atom. The van der Waals surface area contributed by atoms with Gasteiger partial charge in [0.15, 0.2) is 0 Å². The van der Waals surface area contributed by atoms with Crippen molar-refractivity contribution < 1.29 is 8.42 Å². The van der Waals surface area contributed by atoms with Gasteiger partial charge >= 0.3 is 0 Å². The molecule has 20 heavy (non-hydrogen) atoms. The number of benzene rings is 1. The van der Waals surface area contributed by atoms with E-state index in [2.05, 4.69) is 9.62 Å². The first kappa shape index (κ1) is 17.1. The van der Waals surface area contributed by atoms with E-state index in [9.17, 15) is 8.42 Å². The van der Waals surface area contributed by atoms with E-state index < -0.39 is 10.0 Å². The molecule has 0 bridgehead atoms. The summed E-state index contributed by atoms with van der Waals surface area (Å²) in [5.74, 6) is 0.269. The van der Waals surface area contributed by atoms with Crippen LogP contribution in [0, 0.1) is 26.7 Å². The van der Waals surface area contributed by atoms with E-state index in [1.807, 2.05) is 53.9 Å². The molecule has 0 radical (unpaired) electrons. The molecule has 1 aromatic rings. The maximum atomic E-state index is 12.5. The summed E-state index contributed by atoms with van der Waals surface area (Å²) in [6.07, 6.45) is 0. The van der Waals surface area contributed by atoms with E-state index in [0.717, 1.165) is 23.2 Å². The zero-order valence-electron chi connectivity index (χ0n) is 13.3. The number of hydrogen-bond acceptors (Lipinski definition) is 3. The van der Waals surface area contributed by atoms with Crippen molar-refractivity contribution in [2.75, 3.05) is 27.2 Å². The summed E-state index contributed by atoms with van der Waals surface area (Å²) >= 11 is 0. The molecule has 4 nitrogen and oxygen atoms in total. The van der Waals surface area contributed by atoms with Crippen molar-refractivity contribution in [3.05, 3.63) is 28.8 Å². The molecule has 0 unspecified atom stereocenters. The van der Waals surface area contributed by atoms with Crippen molar-refractivity contribution in [3.63, 3.8) is 0 Å². The molecule has 0 spiro atoms. The highest BCUT2D eigenvalue weighted by atomic mass is 32.2.